The molecule has 1 aromatic carbocycles. The van der Waals surface area contributed by atoms with E-state index in [1.54, 1.807) is 18.0 Å². The number of hydrogen-bond donors (Lipinski definition) is 0. The summed E-state index contributed by atoms with van der Waals surface area (Å²) in [4.78, 5) is 0. The van der Waals surface area contributed by atoms with E-state index >= 15 is 0 Å². The second-order valence-corrected chi connectivity index (χ2v) is 7.57. The van der Waals surface area contributed by atoms with Crippen LogP contribution in [0.1, 0.15) is 35.9 Å². The van der Waals surface area contributed by atoms with Crippen molar-refractivity contribution in [2.24, 2.45) is 0 Å². The lowest BCUT2D eigenvalue weighted by atomic mass is 10.2. The molecular weight excluding hydrogens is 365 g/mol. The molecule has 0 amide bonds. The third kappa shape index (κ3) is 3.48. The lowest BCUT2D eigenvalue weighted by molar-refractivity contribution is 0.478. The van der Waals surface area contributed by atoms with Gasteiger partial charge in [0.05, 0.1) is 22.9 Å². The van der Waals surface area contributed by atoms with Crippen LogP contribution in [-0.4, -0.2) is 14.8 Å². The second-order valence-electron chi connectivity index (χ2n) is 5.82. The molecule has 0 unspecified atom stereocenters. The molecule has 0 radical (unpaired) electrons. The average molecular weight is 380 g/mol. The molecular formula is C17H15Cl2N3OS. The maximum atomic E-state index is 6.09. The van der Waals surface area contributed by atoms with Gasteiger partial charge in [-0.2, -0.15) is 0 Å². The largest absolute Gasteiger partial charge is 0.467 e. The SMILES string of the molecule is Clc1ccc(CSc2nnc(C3CC3)n2Cc2ccco2)cc1Cl. The van der Waals surface area contributed by atoms with Gasteiger partial charge in [0.1, 0.15) is 11.6 Å². The molecule has 0 bridgehead atoms. The highest BCUT2D eigenvalue weighted by molar-refractivity contribution is 7.98. The van der Waals surface area contributed by atoms with E-state index in [0.717, 1.165) is 28.1 Å². The Morgan fingerprint density at radius 3 is 2.75 bits per heavy atom. The van der Waals surface area contributed by atoms with Crippen molar-refractivity contribution in [2.75, 3.05) is 0 Å². The molecule has 4 rings (SSSR count). The Kier molecular flexibility index (Phi) is 4.57. The molecule has 0 saturated heterocycles. The summed E-state index contributed by atoms with van der Waals surface area (Å²) in [5.74, 6) is 3.26. The summed E-state index contributed by atoms with van der Waals surface area (Å²) < 4.78 is 7.66. The minimum Gasteiger partial charge on any atom is -0.467 e. The second kappa shape index (κ2) is 6.82. The lowest BCUT2D eigenvalue weighted by Crippen LogP contribution is -2.05. The fraction of sp³-hybridized carbons (Fsp3) is 0.294. The van der Waals surface area contributed by atoms with Crippen LogP contribution in [0.2, 0.25) is 10.0 Å². The smallest absolute Gasteiger partial charge is 0.191 e. The topological polar surface area (TPSA) is 43.9 Å². The third-order valence-corrected chi connectivity index (χ3v) is 5.71. The van der Waals surface area contributed by atoms with Gasteiger partial charge in [-0.05, 0) is 42.7 Å². The predicted molar refractivity (Wildman–Crippen MR) is 95.8 cm³/mol. The average Bonchev–Trinajstić information content (AvgIpc) is 3.14. The van der Waals surface area contributed by atoms with E-state index in [0.29, 0.717) is 22.5 Å². The first-order valence-corrected chi connectivity index (χ1v) is 9.47. The molecule has 2 heterocycles. The van der Waals surface area contributed by atoms with Gasteiger partial charge in [-0.3, -0.25) is 4.57 Å². The Morgan fingerprint density at radius 2 is 2.04 bits per heavy atom. The highest BCUT2D eigenvalue weighted by Crippen LogP contribution is 2.40. The summed E-state index contributed by atoms with van der Waals surface area (Å²) in [5.41, 5.74) is 1.11. The molecule has 0 spiro atoms. The molecule has 1 aliphatic rings. The molecule has 1 saturated carbocycles. The van der Waals surface area contributed by atoms with Crippen molar-refractivity contribution in [1.29, 1.82) is 0 Å². The van der Waals surface area contributed by atoms with Gasteiger partial charge >= 0.3 is 0 Å². The van der Waals surface area contributed by atoms with Crippen LogP contribution in [0, 0.1) is 0 Å². The van der Waals surface area contributed by atoms with E-state index in [9.17, 15) is 0 Å². The number of nitrogens with zero attached hydrogens (tertiary/aromatic N) is 3. The lowest BCUT2D eigenvalue weighted by Gasteiger charge is -2.08. The molecule has 124 valence electrons. The zero-order valence-electron chi connectivity index (χ0n) is 12.8. The van der Waals surface area contributed by atoms with Crippen molar-refractivity contribution >= 4 is 35.0 Å². The Labute approximate surface area is 154 Å². The molecule has 1 fully saturated rings. The number of rotatable bonds is 6. The highest BCUT2D eigenvalue weighted by Gasteiger charge is 2.30. The molecule has 4 nitrogen and oxygen atoms in total. The number of aromatic nitrogens is 3. The number of benzene rings is 1. The quantitative estimate of drug-likeness (QED) is 0.538. The summed E-state index contributed by atoms with van der Waals surface area (Å²) in [7, 11) is 0. The van der Waals surface area contributed by atoms with Gasteiger partial charge in [0.2, 0.25) is 0 Å². The van der Waals surface area contributed by atoms with E-state index in [1.165, 1.54) is 12.8 Å². The highest BCUT2D eigenvalue weighted by atomic mass is 35.5. The summed E-state index contributed by atoms with van der Waals surface area (Å²) in [6.07, 6.45) is 4.07. The van der Waals surface area contributed by atoms with Gasteiger partial charge in [0.25, 0.3) is 0 Å². The number of furan rings is 1. The summed E-state index contributed by atoms with van der Waals surface area (Å²) in [5, 5.41) is 10.8. The maximum Gasteiger partial charge on any atom is 0.191 e. The van der Waals surface area contributed by atoms with Crippen LogP contribution in [0.4, 0.5) is 0 Å². The van der Waals surface area contributed by atoms with E-state index in [1.807, 2.05) is 30.3 Å². The Balaban J connectivity index is 1.54. The van der Waals surface area contributed by atoms with E-state index < -0.39 is 0 Å². The summed E-state index contributed by atoms with van der Waals surface area (Å²) in [6.45, 7) is 0.662. The van der Waals surface area contributed by atoms with Gasteiger partial charge in [-0.15, -0.1) is 10.2 Å². The predicted octanol–water partition coefficient (Wildman–Crippen LogP) is 5.40. The van der Waals surface area contributed by atoms with Crippen molar-refractivity contribution in [1.82, 2.24) is 14.8 Å². The molecule has 2 aromatic heterocycles. The van der Waals surface area contributed by atoms with Crippen LogP contribution >= 0.6 is 35.0 Å². The van der Waals surface area contributed by atoms with Gasteiger partial charge in [0.15, 0.2) is 5.16 Å². The summed E-state index contributed by atoms with van der Waals surface area (Å²) >= 11 is 13.7. The van der Waals surface area contributed by atoms with Gasteiger partial charge < -0.3 is 4.42 Å². The van der Waals surface area contributed by atoms with Gasteiger partial charge in [-0.1, -0.05) is 41.0 Å². The normalized spacial score (nSPS) is 14.2. The Bertz CT molecular complexity index is 844. The first kappa shape index (κ1) is 16.1. The monoisotopic (exact) mass is 379 g/mol. The first-order valence-electron chi connectivity index (χ1n) is 7.73. The maximum absolute atomic E-state index is 6.09. The van der Waals surface area contributed by atoms with Crippen molar-refractivity contribution in [3.05, 3.63) is 63.8 Å². The Morgan fingerprint density at radius 1 is 1.17 bits per heavy atom. The molecule has 0 N–H and O–H groups in total. The first-order chi connectivity index (χ1) is 11.7. The van der Waals surface area contributed by atoms with Crippen molar-refractivity contribution in [3.8, 4) is 0 Å². The van der Waals surface area contributed by atoms with Crippen LogP contribution in [0.15, 0.2) is 46.2 Å². The van der Waals surface area contributed by atoms with Crippen LogP contribution in [0.3, 0.4) is 0 Å². The number of thioether (sulfide) groups is 1. The molecule has 7 heteroatoms. The third-order valence-electron chi connectivity index (χ3n) is 3.93. The van der Waals surface area contributed by atoms with Gasteiger partial charge in [-0.25, -0.2) is 0 Å². The number of halogens is 2. The molecule has 0 aliphatic heterocycles. The van der Waals surface area contributed by atoms with Crippen LogP contribution < -0.4 is 0 Å². The van der Waals surface area contributed by atoms with Crippen molar-refractivity contribution in [3.63, 3.8) is 0 Å². The van der Waals surface area contributed by atoms with Crippen LogP contribution in [-0.2, 0) is 12.3 Å². The van der Waals surface area contributed by atoms with Crippen molar-refractivity contribution < 1.29 is 4.42 Å². The van der Waals surface area contributed by atoms with Crippen LogP contribution in [0.25, 0.3) is 0 Å². The summed E-state index contributed by atoms with van der Waals surface area (Å²) in [6, 6.07) is 9.58. The molecule has 3 aromatic rings. The van der Waals surface area contributed by atoms with Crippen molar-refractivity contribution in [2.45, 2.75) is 36.2 Å². The zero-order chi connectivity index (χ0) is 16.5. The van der Waals surface area contributed by atoms with E-state index in [2.05, 4.69) is 14.8 Å². The molecule has 0 atom stereocenters. The van der Waals surface area contributed by atoms with E-state index in [-0.39, 0.29) is 0 Å². The standard InChI is InChI=1S/C17H15Cl2N3OS/c18-14-6-3-11(8-15(14)19)10-24-17-21-20-16(12-4-5-12)22(17)9-13-2-1-7-23-13/h1-3,6-8,12H,4-5,9-10H2. The van der Waals surface area contributed by atoms with Gasteiger partial charge in [0, 0.05) is 11.7 Å². The molecule has 1 aliphatic carbocycles. The Hall–Kier alpha value is -1.43. The fourth-order valence-electron chi connectivity index (χ4n) is 2.53. The zero-order valence-corrected chi connectivity index (χ0v) is 15.1. The fourth-order valence-corrected chi connectivity index (χ4v) is 3.74. The minimum atomic E-state index is 0.534. The minimum absolute atomic E-state index is 0.534. The number of hydrogen-bond acceptors (Lipinski definition) is 4. The van der Waals surface area contributed by atoms with E-state index in [4.69, 9.17) is 27.6 Å². The van der Waals surface area contributed by atoms with Crippen LogP contribution in [0.5, 0.6) is 0 Å². The molecule has 24 heavy (non-hydrogen) atoms.